The van der Waals surface area contributed by atoms with Crippen molar-refractivity contribution in [3.63, 3.8) is 0 Å². The van der Waals surface area contributed by atoms with Crippen molar-refractivity contribution in [2.24, 2.45) is 0 Å². The highest BCUT2D eigenvalue weighted by atomic mass is 32.1. The van der Waals surface area contributed by atoms with E-state index in [9.17, 15) is 9.59 Å². The largest absolute Gasteiger partial charge is 0.363 e. The van der Waals surface area contributed by atoms with Gasteiger partial charge in [-0.3, -0.25) is 19.4 Å². The second kappa shape index (κ2) is 10.1. The summed E-state index contributed by atoms with van der Waals surface area (Å²) in [5.41, 5.74) is 0.153. The van der Waals surface area contributed by atoms with E-state index in [0.29, 0.717) is 13.1 Å². The number of hydrogen-bond acceptors (Lipinski definition) is 6. The van der Waals surface area contributed by atoms with Crippen molar-refractivity contribution in [3.8, 4) is 9.75 Å². The molecule has 0 aromatic carbocycles. The monoisotopic (exact) mass is 485 g/mol. The smallest absolute Gasteiger partial charge is 0.265 e. The second-order valence-electron chi connectivity index (χ2n) is 7.71. The van der Waals surface area contributed by atoms with Crippen LogP contribution in [-0.4, -0.2) is 52.9 Å². The van der Waals surface area contributed by atoms with Gasteiger partial charge in [-0.2, -0.15) is 0 Å². The lowest BCUT2D eigenvalue weighted by molar-refractivity contribution is -0.133. The van der Waals surface area contributed by atoms with Crippen LogP contribution in [0.3, 0.4) is 0 Å². The molecule has 0 N–H and O–H groups in total. The third kappa shape index (κ3) is 4.58. The first kappa shape index (κ1) is 22.9. The Morgan fingerprint density at radius 2 is 1.53 bits per heavy atom. The molecule has 32 heavy (non-hydrogen) atoms. The minimum Gasteiger partial charge on any atom is -0.363 e. The van der Waals surface area contributed by atoms with Crippen LogP contribution in [0.1, 0.15) is 38.0 Å². The van der Waals surface area contributed by atoms with Crippen LogP contribution < -0.4 is 4.90 Å². The lowest BCUT2D eigenvalue weighted by atomic mass is 10.1. The number of allylic oxidation sites excluding steroid dienone is 2. The number of carbonyl (C=O) groups excluding carboxylic acids is 2. The summed E-state index contributed by atoms with van der Waals surface area (Å²) in [5.74, 6) is -0.653. The summed E-state index contributed by atoms with van der Waals surface area (Å²) in [5, 5.41) is 1.64. The van der Waals surface area contributed by atoms with Crippen LogP contribution in [0, 0.1) is 0 Å². The van der Waals surface area contributed by atoms with E-state index in [2.05, 4.69) is 29.2 Å². The fraction of sp³-hybridized carbons (Fsp3) is 0.375. The number of thiocarbonyl (C=S) groups is 1. The van der Waals surface area contributed by atoms with Crippen LogP contribution >= 0.6 is 34.9 Å². The first-order valence-electron chi connectivity index (χ1n) is 11.0. The van der Waals surface area contributed by atoms with Gasteiger partial charge in [0.2, 0.25) is 0 Å². The van der Waals surface area contributed by atoms with Gasteiger partial charge in [0.15, 0.2) is 5.11 Å². The number of piperidine rings is 1. The molecule has 2 aliphatic rings. The Kier molecular flexibility index (Phi) is 7.23. The van der Waals surface area contributed by atoms with E-state index in [1.165, 1.54) is 43.8 Å². The number of likely N-dealkylation sites (N-methyl/N-ethyl adjacent to an activating group) is 2. The van der Waals surface area contributed by atoms with Gasteiger partial charge < -0.3 is 4.90 Å². The molecule has 2 aromatic rings. The van der Waals surface area contributed by atoms with Gasteiger partial charge in [0.1, 0.15) is 5.57 Å². The third-order valence-electron chi connectivity index (χ3n) is 5.70. The summed E-state index contributed by atoms with van der Waals surface area (Å²) in [6.07, 6.45) is 9.23. The van der Waals surface area contributed by atoms with Gasteiger partial charge in [-0.25, -0.2) is 0 Å². The molecule has 0 radical (unpaired) electrons. The molecule has 0 bridgehead atoms. The second-order valence-corrected chi connectivity index (χ2v) is 10.3. The molecule has 4 heterocycles. The normalized spacial score (nSPS) is 17.8. The fourth-order valence-electron chi connectivity index (χ4n) is 3.96. The average Bonchev–Trinajstić information content (AvgIpc) is 3.47. The molecule has 0 saturated carbocycles. The Labute approximate surface area is 202 Å². The Balaban J connectivity index is 1.48. The molecule has 8 heteroatoms. The number of thiophene rings is 2. The van der Waals surface area contributed by atoms with Crippen molar-refractivity contribution in [1.82, 2.24) is 9.80 Å². The molecular weight excluding hydrogens is 458 g/mol. The molecule has 168 valence electrons. The summed E-state index contributed by atoms with van der Waals surface area (Å²) in [6, 6.07) is 8.65. The summed E-state index contributed by atoms with van der Waals surface area (Å²) < 4.78 is 0. The van der Waals surface area contributed by atoms with Crippen LogP contribution in [0.5, 0.6) is 0 Å². The number of amides is 2. The zero-order chi connectivity index (χ0) is 22.7. The molecule has 0 spiro atoms. The van der Waals surface area contributed by atoms with E-state index in [1.807, 2.05) is 31.3 Å². The number of nitrogens with zero attached hydrogens (tertiary/aromatic N) is 3. The Hall–Kier alpha value is -2.29. The molecule has 0 atom stereocenters. The van der Waals surface area contributed by atoms with E-state index in [-0.39, 0.29) is 22.5 Å². The van der Waals surface area contributed by atoms with Gasteiger partial charge in [0.05, 0.1) is 5.00 Å². The van der Waals surface area contributed by atoms with Gasteiger partial charge in [0.25, 0.3) is 11.8 Å². The molecule has 2 fully saturated rings. The van der Waals surface area contributed by atoms with E-state index in [1.54, 1.807) is 23.5 Å². The molecule has 2 amide bonds. The van der Waals surface area contributed by atoms with Crippen molar-refractivity contribution < 1.29 is 9.59 Å². The van der Waals surface area contributed by atoms with Crippen molar-refractivity contribution in [3.05, 3.63) is 46.9 Å². The molecule has 4 rings (SSSR count). The number of hydrogen-bond donors (Lipinski definition) is 0. The van der Waals surface area contributed by atoms with Crippen molar-refractivity contribution in [1.29, 1.82) is 0 Å². The van der Waals surface area contributed by atoms with Crippen LogP contribution in [0.25, 0.3) is 15.8 Å². The predicted octanol–water partition coefficient (Wildman–Crippen LogP) is 5.40. The van der Waals surface area contributed by atoms with Crippen LogP contribution in [0.2, 0.25) is 0 Å². The highest BCUT2D eigenvalue weighted by Crippen LogP contribution is 2.38. The fourth-order valence-corrected chi connectivity index (χ4v) is 6.45. The average molecular weight is 486 g/mol. The predicted molar refractivity (Wildman–Crippen MR) is 138 cm³/mol. The maximum atomic E-state index is 12.7. The van der Waals surface area contributed by atoms with E-state index in [0.717, 1.165) is 18.0 Å². The SMILES string of the molecule is CCN1C(=O)C(=C/C=C/c2ccc(-c3ccc(N4CCCCC4)s3)s2)C(=O)N(CC)C1=S. The molecule has 2 aromatic heterocycles. The third-order valence-corrected chi connectivity index (χ3v) is 8.53. The number of rotatable bonds is 6. The lowest BCUT2D eigenvalue weighted by Gasteiger charge is -2.35. The van der Waals surface area contributed by atoms with Crippen LogP contribution in [0.15, 0.2) is 42.0 Å². The maximum Gasteiger partial charge on any atom is 0.265 e. The van der Waals surface area contributed by atoms with Crippen LogP contribution in [0.4, 0.5) is 5.00 Å². The van der Waals surface area contributed by atoms with E-state index >= 15 is 0 Å². The lowest BCUT2D eigenvalue weighted by Crippen LogP contribution is -2.55. The van der Waals surface area contributed by atoms with E-state index in [4.69, 9.17) is 12.2 Å². The highest BCUT2D eigenvalue weighted by Gasteiger charge is 2.37. The van der Waals surface area contributed by atoms with Gasteiger partial charge in [-0.05, 0) is 81.7 Å². The van der Waals surface area contributed by atoms with E-state index < -0.39 is 0 Å². The molecular formula is C24H27N3O2S3. The zero-order valence-corrected chi connectivity index (χ0v) is 20.8. The Bertz CT molecular complexity index is 1050. The molecule has 2 aliphatic heterocycles. The summed E-state index contributed by atoms with van der Waals surface area (Å²) in [7, 11) is 0. The van der Waals surface area contributed by atoms with Gasteiger partial charge in [-0.1, -0.05) is 6.08 Å². The molecule has 0 unspecified atom stereocenters. The first-order valence-corrected chi connectivity index (χ1v) is 13.1. The van der Waals surface area contributed by atoms with Gasteiger partial charge in [-0.15, -0.1) is 22.7 Å². The minimum absolute atomic E-state index is 0.153. The standard InChI is InChI=1S/C24H27N3O2S3/c1-3-26-22(28)18(23(29)27(4-2)24(26)30)10-8-9-17-11-12-19(31-17)20-13-14-21(32-20)25-15-6-5-7-16-25/h8-14H,3-7,15-16H2,1-2H3/b9-8+. The van der Waals surface area contributed by atoms with Crippen molar-refractivity contribution >= 4 is 62.9 Å². The Morgan fingerprint density at radius 1 is 0.906 bits per heavy atom. The maximum absolute atomic E-state index is 12.7. The van der Waals surface area contributed by atoms with Gasteiger partial charge >= 0.3 is 0 Å². The minimum atomic E-state index is -0.326. The Morgan fingerprint density at radius 3 is 2.19 bits per heavy atom. The molecule has 0 aliphatic carbocycles. The van der Waals surface area contributed by atoms with Crippen molar-refractivity contribution in [2.75, 3.05) is 31.1 Å². The summed E-state index contributed by atoms with van der Waals surface area (Å²) in [4.78, 5) is 34.4. The quantitative estimate of drug-likeness (QED) is 0.312. The van der Waals surface area contributed by atoms with Crippen molar-refractivity contribution in [2.45, 2.75) is 33.1 Å². The van der Waals surface area contributed by atoms with Crippen LogP contribution in [-0.2, 0) is 9.59 Å². The molecule has 2 saturated heterocycles. The zero-order valence-electron chi connectivity index (χ0n) is 18.4. The van der Waals surface area contributed by atoms with Gasteiger partial charge in [0, 0.05) is 40.8 Å². The topological polar surface area (TPSA) is 43.9 Å². The number of anilines is 1. The molecule has 5 nitrogen and oxygen atoms in total. The summed E-state index contributed by atoms with van der Waals surface area (Å²) >= 11 is 8.86. The number of carbonyl (C=O) groups is 2. The summed E-state index contributed by atoms with van der Waals surface area (Å²) in [6.45, 7) is 6.90. The highest BCUT2D eigenvalue weighted by molar-refractivity contribution is 7.80. The first-order chi connectivity index (χ1) is 15.5.